The Hall–Kier alpha value is -1.92. The van der Waals surface area contributed by atoms with E-state index in [0.717, 1.165) is 26.5 Å². The van der Waals surface area contributed by atoms with Gasteiger partial charge in [0.2, 0.25) is 0 Å². The van der Waals surface area contributed by atoms with Crippen LogP contribution in [0.15, 0.2) is 36.5 Å². The van der Waals surface area contributed by atoms with Crippen LogP contribution in [0.3, 0.4) is 0 Å². The minimum Gasteiger partial charge on any atom is -0.542 e. The number of nitrogens with zero attached hydrogens (tertiary/aromatic N) is 2. The number of nitrogen functional groups attached to an aromatic ring is 1. The molecule has 6 heteroatoms. The van der Waals surface area contributed by atoms with Gasteiger partial charge in [-0.25, -0.2) is 9.97 Å². The van der Waals surface area contributed by atoms with Crippen molar-refractivity contribution in [2.24, 2.45) is 0 Å². The predicted octanol–water partition coefficient (Wildman–Crippen LogP) is 4.74. The van der Waals surface area contributed by atoms with Crippen molar-refractivity contribution in [3.63, 3.8) is 0 Å². The summed E-state index contributed by atoms with van der Waals surface area (Å²) in [5.74, 6) is 1.44. The largest absolute Gasteiger partial charge is 0.542 e. The van der Waals surface area contributed by atoms with Crippen LogP contribution in [0.5, 0.6) is 5.75 Å². The van der Waals surface area contributed by atoms with Crippen LogP contribution in [0.2, 0.25) is 11.6 Å². The van der Waals surface area contributed by atoms with E-state index < -0.39 is 9.04 Å². The average Bonchev–Trinajstić information content (AvgIpc) is 2.90. The van der Waals surface area contributed by atoms with Gasteiger partial charge in [-0.1, -0.05) is 20.8 Å². The van der Waals surface area contributed by atoms with Crippen LogP contribution in [0.4, 0.5) is 5.82 Å². The molecular formula is C17H20N3OSSi. The highest BCUT2D eigenvalue weighted by molar-refractivity contribution is 7.21. The van der Waals surface area contributed by atoms with Gasteiger partial charge in [0.1, 0.15) is 16.6 Å². The van der Waals surface area contributed by atoms with Gasteiger partial charge in [-0.15, -0.1) is 11.3 Å². The van der Waals surface area contributed by atoms with E-state index in [0.29, 0.717) is 5.82 Å². The van der Waals surface area contributed by atoms with Crippen molar-refractivity contribution in [2.75, 3.05) is 5.73 Å². The van der Waals surface area contributed by atoms with Gasteiger partial charge in [0.25, 0.3) is 9.04 Å². The summed E-state index contributed by atoms with van der Waals surface area (Å²) in [4.78, 5) is 8.81. The molecule has 0 amide bonds. The number of fused-ring (bicyclic) bond motifs is 1. The zero-order valence-corrected chi connectivity index (χ0v) is 15.6. The monoisotopic (exact) mass is 342 g/mol. The molecule has 2 N–H and O–H groups in total. The standard InChI is InChI=1S/C17H20N3OSSi/c1-17(2,3)23(4)21-12-6-7-13-14(9-12)22-16(20-13)11-5-8-15(18)19-10-11/h5-10H,1-4H3,(H2,18,19). The van der Waals surface area contributed by atoms with Crippen LogP contribution < -0.4 is 10.2 Å². The lowest BCUT2D eigenvalue weighted by Gasteiger charge is -2.25. The van der Waals surface area contributed by atoms with Crippen LogP contribution in [0.25, 0.3) is 20.8 Å². The average molecular weight is 343 g/mol. The molecule has 0 spiro atoms. The number of benzene rings is 1. The van der Waals surface area contributed by atoms with E-state index in [1.54, 1.807) is 23.6 Å². The van der Waals surface area contributed by atoms with Gasteiger partial charge < -0.3 is 10.2 Å². The topological polar surface area (TPSA) is 61.0 Å². The van der Waals surface area contributed by atoms with Crippen LogP contribution in [0, 0.1) is 0 Å². The quantitative estimate of drug-likeness (QED) is 0.698. The molecule has 0 bridgehead atoms. The van der Waals surface area contributed by atoms with Gasteiger partial charge in [-0.05, 0) is 41.9 Å². The fourth-order valence-electron chi connectivity index (χ4n) is 1.95. The molecular weight excluding hydrogens is 322 g/mol. The molecule has 0 atom stereocenters. The molecule has 1 radical (unpaired) electrons. The highest BCUT2D eigenvalue weighted by Crippen LogP contribution is 2.34. The van der Waals surface area contributed by atoms with E-state index in [2.05, 4.69) is 43.4 Å². The van der Waals surface area contributed by atoms with Crippen molar-refractivity contribution in [3.8, 4) is 16.3 Å². The zero-order chi connectivity index (χ0) is 16.6. The highest BCUT2D eigenvalue weighted by Gasteiger charge is 2.26. The van der Waals surface area contributed by atoms with Gasteiger partial charge >= 0.3 is 0 Å². The molecule has 0 aliphatic rings. The lowest BCUT2D eigenvalue weighted by molar-refractivity contribution is 0.521. The maximum Gasteiger partial charge on any atom is 0.283 e. The molecule has 0 unspecified atom stereocenters. The summed E-state index contributed by atoms with van der Waals surface area (Å²) in [6, 6.07) is 9.86. The second-order valence-corrected chi connectivity index (χ2v) is 10.4. The first kappa shape index (κ1) is 16.0. The maximum absolute atomic E-state index is 6.17. The van der Waals surface area contributed by atoms with Crippen molar-refractivity contribution in [1.29, 1.82) is 0 Å². The van der Waals surface area contributed by atoms with Crippen molar-refractivity contribution in [3.05, 3.63) is 36.5 Å². The Bertz CT molecular complexity index is 824. The third-order valence-electron chi connectivity index (χ3n) is 3.72. The normalized spacial score (nSPS) is 12.0. The lowest BCUT2D eigenvalue weighted by Crippen LogP contribution is -2.28. The molecule has 3 rings (SSSR count). The minimum absolute atomic E-state index is 0.203. The molecule has 1 aromatic carbocycles. The molecule has 0 aliphatic carbocycles. The first-order valence-corrected chi connectivity index (χ1v) is 10.2. The molecule has 119 valence electrons. The third-order valence-corrected chi connectivity index (χ3v) is 7.44. The molecule has 0 saturated carbocycles. The van der Waals surface area contributed by atoms with Crippen LogP contribution in [-0.4, -0.2) is 19.0 Å². The van der Waals surface area contributed by atoms with Gasteiger partial charge in [0.15, 0.2) is 0 Å². The van der Waals surface area contributed by atoms with Crippen LogP contribution in [0.1, 0.15) is 20.8 Å². The Morgan fingerprint density at radius 3 is 2.61 bits per heavy atom. The van der Waals surface area contributed by atoms with Crippen molar-refractivity contribution < 1.29 is 4.43 Å². The third kappa shape index (κ3) is 3.54. The molecule has 23 heavy (non-hydrogen) atoms. The fourth-order valence-corrected chi connectivity index (χ4v) is 3.72. The summed E-state index contributed by atoms with van der Waals surface area (Å²) in [7, 11) is -0.915. The number of pyridine rings is 1. The van der Waals surface area contributed by atoms with Gasteiger partial charge in [-0.3, -0.25) is 0 Å². The van der Waals surface area contributed by atoms with Crippen molar-refractivity contribution in [1.82, 2.24) is 9.97 Å². The molecule has 2 heterocycles. The summed E-state index contributed by atoms with van der Waals surface area (Å²) < 4.78 is 7.29. The second-order valence-electron chi connectivity index (χ2n) is 6.53. The van der Waals surface area contributed by atoms with E-state index in [1.807, 2.05) is 18.2 Å². The Balaban J connectivity index is 1.90. The first-order valence-electron chi connectivity index (χ1n) is 7.47. The summed E-state index contributed by atoms with van der Waals surface area (Å²) in [6.45, 7) is 8.86. The smallest absolute Gasteiger partial charge is 0.283 e. The fraction of sp³-hybridized carbons (Fsp3) is 0.294. The number of hydrogen-bond acceptors (Lipinski definition) is 5. The van der Waals surface area contributed by atoms with Crippen LogP contribution in [-0.2, 0) is 0 Å². The molecule has 0 fully saturated rings. The summed E-state index contributed by atoms with van der Waals surface area (Å²) in [6.07, 6.45) is 1.76. The molecule has 2 aromatic heterocycles. The Kier molecular flexibility index (Phi) is 4.12. The first-order chi connectivity index (χ1) is 10.8. The molecule has 4 nitrogen and oxygen atoms in total. The number of thiazole rings is 1. The summed E-state index contributed by atoms with van der Waals surface area (Å²) in [5, 5.41) is 1.15. The number of nitrogens with two attached hydrogens (primary N) is 1. The minimum atomic E-state index is -0.915. The SMILES string of the molecule is C[Si](Oc1ccc2nc(-c3ccc(N)nc3)sc2c1)C(C)(C)C. The Morgan fingerprint density at radius 2 is 1.96 bits per heavy atom. The highest BCUT2D eigenvalue weighted by atomic mass is 32.1. The van der Waals surface area contributed by atoms with Crippen molar-refractivity contribution >= 4 is 36.4 Å². The van der Waals surface area contributed by atoms with Gasteiger partial charge in [-0.2, -0.15) is 0 Å². The van der Waals surface area contributed by atoms with E-state index in [-0.39, 0.29) is 5.04 Å². The summed E-state index contributed by atoms with van der Waals surface area (Å²) in [5.41, 5.74) is 7.60. The van der Waals surface area contributed by atoms with E-state index in [9.17, 15) is 0 Å². The van der Waals surface area contributed by atoms with Crippen molar-refractivity contribution in [2.45, 2.75) is 32.4 Å². The molecule has 0 saturated heterocycles. The summed E-state index contributed by atoms with van der Waals surface area (Å²) >= 11 is 1.64. The van der Waals surface area contributed by atoms with E-state index >= 15 is 0 Å². The lowest BCUT2D eigenvalue weighted by atomic mass is 10.3. The molecule has 0 aliphatic heterocycles. The number of hydrogen-bond donors (Lipinski definition) is 1. The Labute approximate surface area is 142 Å². The van der Waals surface area contributed by atoms with E-state index in [4.69, 9.17) is 10.2 Å². The number of anilines is 1. The van der Waals surface area contributed by atoms with Gasteiger partial charge in [0, 0.05) is 11.8 Å². The predicted molar refractivity (Wildman–Crippen MR) is 99.2 cm³/mol. The number of aromatic nitrogens is 2. The second kappa shape index (κ2) is 5.94. The maximum atomic E-state index is 6.17. The Morgan fingerprint density at radius 1 is 1.17 bits per heavy atom. The van der Waals surface area contributed by atoms with E-state index in [1.165, 1.54) is 0 Å². The van der Waals surface area contributed by atoms with Gasteiger partial charge in [0.05, 0.1) is 10.2 Å². The number of rotatable bonds is 3. The molecule has 3 aromatic rings. The van der Waals surface area contributed by atoms with Crippen LogP contribution >= 0.6 is 11.3 Å². The zero-order valence-electron chi connectivity index (χ0n) is 13.8.